The van der Waals surface area contributed by atoms with Crippen molar-refractivity contribution in [1.82, 2.24) is 9.97 Å². The Morgan fingerprint density at radius 3 is 2.72 bits per heavy atom. The predicted molar refractivity (Wildman–Crippen MR) is 102 cm³/mol. The minimum Gasteiger partial charge on any atom is -0.322 e. The summed E-state index contributed by atoms with van der Waals surface area (Å²) in [5, 5.41) is 4.23. The van der Waals surface area contributed by atoms with Crippen molar-refractivity contribution < 1.29 is 4.79 Å². The van der Waals surface area contributed by atoms with Gasteiger partial charge in [0.05, 0.1) is 15.7 Å². The van der Waals surface area contributed by atoms with Crippen LogP contribution in [0.3, 0.4) is 0 Å². The van der Waals surface area contributed by atoms with Crippen LogP contribution in [-0.4, -0.2) is 15.9 Å². The Kier molecular flexibility index (Phi) is 3.62. The monoisotopic (exact) mass is 349 g/mol. The van der Waals surface area contributed by atoms with Crippen molar-refractivity contribution in [3.63, 3.8) is 0 Å². The number of hydrogen-bond acceptors (Lipinski definition) is 4. The highest BCUT2D eigenvalue weighted by Crippen LogP contribution is 2.24. The largest absolute Gasteiger partial charge is 0.322 e. The van der Waals surface area contributed by atoms with Gasteiger partial charge in [0.1, 0.15) is 0 Å². The lowest BCUT2D eigenvalue weighted by Gasteiger charge is -2.08. The first-order valence-corrected chi connectivity index (χ1v) is 8.65. The van der Waals surface area contributed by atoms with Gasteiger partial charge in [0.25, 0.3) is 11.5 Å². The second-order valence-corrected chi connectivity index (χ2v) is 6.94. The first kappa shape index (κ1) is 15.5. The number of anilines is 1. The molecule has 0 saturated carbocycles. The Balaban J connectivity index is 1.69. The first-order valence-electron chi connectivity index (χ1n) is 7.83. The van der Waals surface area contributed by atoms with Crippen LogP contribution in [0.4, 0.5) is 5.69 Å². The van der Waals surface area contributed by atoms with Crippen molar-refractivity contribution in [3.05, 3.63) is 69.0 Å². The minimum atomic E-state index is -0.258. The molecule has 0 bridgehead atoms. The van der Waals surface area contributed by atoms with E-state index in [9.17, 15) is 9.59 Å². The van der Waals surface area contributed by atoms with Gasteiger partial charge in [-0.2, -0.15) is 0 Å². The van der Waals surface area contributed by atoms with E-state index in [1.165, 1.54) is 11.3 Å². The molecule has 2 aromatic heterocycles. The molecule has 0 fully saturated rings. The lowest BCUT2D eigenvalue weighted by atomic mass is 10.1. The van der Waals surface area contributed by atoms with E-state index in [0.717, 1.165) is 21.2 Å². The fourth-order valence-electron chi connectivity index (χ4n) is 2.79. The standard InChI is InChI=1S/C19H15N3O2S/c1-10-11(2)17(23)21-15-9-12(7-8-13(10)15)20-18(24)19-22-14-5-3-4-6-16(14)25-19/h3-9H,1-2H3,(H,20,24)(H,21,23). The van der Waals surface area contributed by atoms with E-state index in [4.69, 9.17) is 0 Å². The van der Waals surface area contributed by atoms with Crippen LogP contribution in [0.5, 0.6) is 0 Å². The van der Waals surface area contributed by atoms with Crippen molar-refractivity contribution >= 4 is 44.1 Å². The Morgan fingerprint density at radius 1 is 1.12 bits per heavy atom. The van der Waals surface area contributed by atoms with Gasteiger partial charge < -0.3 is 10.3 Å². The van der Waals surface area contributed by atoms with E-state index in [0.29, 0.717) is 21.8 Å². The van der Waals surface area contributed by atoms with Gasteiger partial charge in [0, 0.05) is 16.6 Å². The molecule has 2 N–H and O–H groups in total. The number of rotatable bonds is 2. The van der Waals surface area contributed by atoms with Crippen LogP contribution < -0.4 is 10.9 Å². The van der Waals surface area contributed by atoms with Crippen molar-refractivity contribution in [2.45, 2.75) is 13.8 Å². The average Bonchev–Trinajstić information content (AvgIpc) is 3.04. The number of carbonyl (C=O) groups excluding carboxylic acids is 1. The zero-order valence-electron chi connectivity index (χ0n) is 13.7. The van der Waals surface area contributed by atoms with Gasteiger partial charge in [0.15, 0.2) is 5.01 Å². The van der Waals surface area contributed by atoms with Crippen molar-refractivity contribution in [2.24, 2.45) is 0 Å². The molecule has 1 amide bonds. The fourth-order valence-corrected chi connectivity index (χ4v) is 3.66. The van der Waals surface area contributed by atoms with Crippen molar-refractivity contribution in [3.8, 4) is 0 Å². The topological polar surface area (TPSA) is 74.8 Å². The number of pyridine rings is 1. The van der Waals surface area contributed by atoms with Gasteiger partial charge in [-0.1, -0.05) is 18.2 Å². The summed E-state index contributed by atoms with van der Waals surface area (Å²) in [5.41, 5.74) is 3.68. The summed E-state index contributed by atoms with van der Waals surface area (Å²) < 4.78 is 0.974. The van der Waals surface area contributed by atoms with Gasteiger partial charge in [-0.25, -0.2) is 4.98 Å². The molecule has 0 aliphatic carbocycles. The lowest BCUT2D eigenvalue weighted by Crippen LogP contribution is -2.13. The number of hydrogen-bond donors (Lipinski definition) is 2. The number of nitrogens with zero attached hydrogens (tertiary/aromatic N) is 1. The maximum atomic E-state index is 12.5. The minimum absolute atomic E-state index is 0.111. The SMILES string of the molecule is Cc1c(C)c2ccc(NC(=O)c3nc4ccccc4s3)cc2[nH]c1=O. The number of H-pyrrole nitrogens is 1. The van der Waals surface area contributed by atoms with Crippen LogP contribution in [0.25, 0.3) is 21.1 Å². The van der Waals surface area contributed by atoms with Crippen LogP contribution >= 0.6 is 11.3 Å². The molecule has 0 radical (unpaired) electrons. The average molecular weight is 349 g/mol. The highest BCUT2D eigenvalue weighted by Gasteiger charge is 2.13. The molecule has 4 aromatic rings. The van der Waals surface area contributed by atoms with E-state index in [2.05, 4.69) is 15.3 Å². The summed E-state index contributed by atoms with van der Waals surface area (Å²) in [6.07, 6.45) is 0. The number of fused-ring (bicyclic) bond motifs is 2. The molecule has 0 atom stereocenters. The maximum Gasteiger partial charge on any atom is 0.284 e. The number of nitrogens with one attached hydrogen (secondary N) is 2. The van der Waals surface area contributed by atoms with Crippen molar-refractivity contribution in [1.29, 1.82) is 0 Å². The number of thiazole rings is 1. The van der Waals surface area contributed by atoms with Crippen LogP contribution in [0.1, 0.15) is 20.9 Å². The molecule has 0 aliphatic heterocycles. The molecule has 2 aromatic carbocycles. The number of carbonyl (C=O) groups is 1. The van der Waals surface area contributed by atoms with E-state index in [1.807, 2.05) is 43.3 Å². The van der Waals surface area contributed by atoms with Crippen LogP contribution in [-0.2, 0) is 0 Å². The third-order valence-corrected chi connectivity index (χ3v) is 5.36. The molecule has 4 rings (SSSR count). The third-order valence-electron chi connectivity index (χ3n) is 4.32. The Hall–Kier alpha value is -2.99. The molecule has 0 saturated heterocycles. The van der Waals surface area contributed by atoms with E-state index >= 15 is 0 Å². The van der Waals surface area contributed by atoms with Crippen LogP contribution in [0.2, 0.25) is 0 Å². The quantitative estimate of drug-likeness (QED) is 0.574. The number of benzene rings is 2. The maximum absolute atomic E-state index is 12.5. The number of aromatic nitrogens is 2. The molecular formula is C19H15N3O2S. The second kappa shape index (κ2) is 5.82. The predicted octanol–water partition coefficient (Wildman–Crippen LogP) is 4.01. The summed E-state index contributed by atoms with van der Waals surface area (Å²) in [7, 11) is 0. The van der Waals surface area contributed by atoms with E-state index in [1.54, 1.807) is 13.0 Å². The highest BCUT2D eigenvalue weighted by atomic mass is 32.1. The first-order chi connectivity index (χ1) is 12.0. The normalized spacial score (nSPS) is 11.1. The highest BCUT2D eigenvalue weighted by molar-refractivity contribution is 7.20. The summed E-state index contributed by atoms with van der Waals surface area (Å²) >= 11 is 1.35. The molecule has 0 spiro atoms. The van der Waals surface area contributed by atoms with E-state index < -0.39 is 0 Å². The van der Waals surface area contributed by atoms with Gasteiger partial charge in [-0.15, -0.1) is 11.3 Å². The zero-order chi connectivity index (χ0) is 17.6. The van der Waals surface area contributed by atoms with Gasteiger partial charge >= 0.3 is 0 Å². The molecule has 25 heavy (non-hydrogen) atoms. The number of aryl methyl sites for hydroxylation is 1. The Labute approximate surface area is 147 Å². The molecule has 6 heteroatoms. The molecule has 2 heterocycles. The summed E-state index contributed by atoms with van der Waals surface area (Å²) in [6.45, 7) is 3.72. The molecule has 5 nitrogen and oxygen atoms in total. The van der Waals surface area contributed by atoms with Crippen LogP contribution in [0.15, 0.2) is 47.3 Å². The Morgan fingerprint density at radius 2 is 1.92 bits per heavy atom. The van der Waals surface area contributed by atoms with Gasteiger partial charge in [-0.05, 0) is 43.7 Å². The summed E-state index contributed by atoms with van der Waals surface area (Å²) in [4.78, 5) is 31.6. The number of para-hydroxylation sites is 1. The summed E-state index contributed by atoms with van der Waals surface area (Å²) in [6, 6.07) is 13.2. The zero-order valence-corrected chi connectivity index (χ0v) is 14.5. The second-order valence-electron chi connectivity index (χ2n) is 5.91. The van der Waals surface area contributed by atoms with E-state index in [-0.39, 0.29) is 11.5 Å². The van der Waals surface area contributed by atoms with Gasteiger partial charge in [-0.3, -0.25) is 9.59 Å². The smallest absolute Gasteiger partial charge is 0.284 e. The fraction of sp³-hybridized carbons (Fsp3) is 0.105. The van der Waals surface area contributed by atoms with Gasteiger partial charge in [0.2, 0.25) is 0 Å². The van der Waals surface area contributed by atoms with Crippen molar-refractivity contribution in [2.75, 3.05) is 5.32 Å². The third kappa shape index (κ3) is 2.70. The summed E-state index contributed by atoms with van der Waals surface area (Å²) in [5.74, 6) is -0.258. The van der Waals surface area contributed by atoms with Crippen LogP contribution in [0, 0.1) is 13.8 Å². The number of amides is 1. The molecule has 0 aliphatic rings. The lowest BCUT2D eigenvalue weighted by molar-refractivity contribution is 0.102. The molecule has 124 valence electrons. The molecule has 0 unspecified atom stereocenters. The number of aromatic amines is 1. The Bertz CT molecular complexity index is 1160. The molecular weight excluding hydrogens is 334 g/mol.